The zero-order valence-corrected chi connectivity index (χ0v) is 12.3. The lowest BCUT2D eigenvalue weighted by Crippen LogP contribution is -2.15. The van der Waals surface area contributed by atoms with Crippen LogP contribution in [-0.2, 0) is 3.83 Å². The van der Waals surface area contributed by atoms with E-state index < -0.39 is 5.97 Å². The minimum Gasteiger partial charge on any atom is -0.380 e. The Bertz CT molecular complexity index is 641. The summed E-state index contributed by atoms with van der Waals surface area (Å²) in [5, 5.41) is 2.72. The third-order valence-corrected chi connectivity index (χ3v) is 3.04. The van der Waals surface area contributed by atoms with Crippen LogP contribution in [0, 0.1) is 6.92 Å². The highest BCUT2D eigenvalue weighted by Gasteiger charge is 2.15. The van der Waals surface area contributed by atoms with E-state index >= 15 is 0 Å². The second-order valence-corrected chi connectivity index (χ2v) is 4.56. The Hall–Kier alpha value is -2.14. The number of aryl methyl sites for hydroxylation is 1. The van der Waals surface area contributed by atoms with Crippen LogP contribution in [0.5, 0.6) is 0 Å². The molecule has 2 aromatic carbocycles. The summed E-state index contributed by atoms with van der Waals surface area (Å²) in [7, 11) is 0. The number of carbonyl (C=O) groups is 2. The average Bonchev–Trinajstić information content (AvgIpc) is 2.47. The molecule has 5 heteroatoms. The second kappa shape index (κ2) is 6.34. The van der Waals surface area contributed by atoms with E-state index in [1.54, 1.807) is 42.5 Å². The molecule has 2 aromatic rings. The summed E-state index contributed by atoms with van der Waals surface area (Å²) < 4.78 is 4.53. The normalized spacial score (nSPS) is 9.90. The fourth-order valence-electron chi connectivity index (χ4n) is 1.77. The predicted molar refractivity (Wildman–Crippen MR) is 79.9 cm³/mol. The SMILES string of the molecule is Cc1ccc(C(=O)OBr)c(NC(=O)c2ccccc2)c1. The van der Waals surface area contributed by atoms with Crippen LogP contribution >= 0.6 is 16.3 Å². The van der Waals surface area contributed by atoms with Gasteiger partial charge in [-0.25, -0.2) is 4.79 Å². The third-order valence-electron chi connectivity index (χ3n) is 2.75. The van der Waals surface area contributed by atoms with Crippen molar-refractivity contribution in [2.45, 2.75) is 6.92 Å². The van der Waals surface area contributed by atoms with E-state index in [4.69, 9.17) is 0 Å². The quantitative estimate of drug-likeness (QED) is 0.931. The van der Waals surface area contributed by atoms with Crippen LogP contribution in [0.1, 0.15) is 26.3 Å². The van der Waals surface area contributed by atoms with Crippen molar-refractivity contribution >= 4 is 33.8 Å². The Morgan fingerprint density at radius 2 is 1.80 bits per heavy atom. The lowest BCUT2D eigenvalue weighted by Gasteiger charge is -2.10. The van der Waals surface area contributed by atoms with Gasteiger partial charge in [0.05, 0.1) is 11.3 Å². The summed E-state index contributed by atoms with van der Waals surface area (Å²) >= 11 is 2.65. The highest BCUT2D eigenvalue weighted by Crippen LogP contribution is 2.20. The maximum atomic E-state index is 12.1. The molecule has 102 valence electrons. The zero-order valence-electron chi connectivity index (χ0n) is 10.7. The van der Waals surface area contributed by atoms with Gasteiger partial charge in [0.1, 0.15) is 0 Å². The summed E-state index contributed by atoms with van der Waals surface area (Å²) in [5.74, 6) is -0.840. The molecule has 0 aromatic heterocycles. The number of anilines is 1. The van der Waals surface area contributed by atoms with Gasteiger partial charge in [-0.1, -0.05) is 24.3 Å². The molecular formula is C15H12BrNO3. The van der Waals surface area contributed by atoms with Gasteiger partial charge in [0.25, 0.3) is 5.91 Å². The Morgan fingerprint density at radius 3 is 2.45 bits per heavy atom. The van der Waals surface area contributed by atoms with Gasteiger partial charge < -0.3 is 9.15 Å². The van der Waals surface area contributed by atoms with E-state index in [1.807, 2.05) is 13.0 Å². The number of rotatable bonds is 3. The van der Waals surface area contributed by atoms with Crippen LogP contribution < -0.4 is 5.32 Å². The fraction of sp³-hybridized carbons (Fsp3) is 0.0667. The first-order valence-corrected chi connectivity index (χ1v) is 6.56. The number of halogens is 1. The van der Waals surface area contributed by atoms with Crippen molar-refractivity contribution in [1.29, 1.82) is 0 Å². The van der Waals surface area contributed by atoms with Crippen molar-refractivity contribution in [3.63, 3.8) is 0 Å². The Labute approximate surface area is 125 Å². The van der Waals surface area contributed by atoms with E-state index in [1.165, 1.54) is 0 Å². The fourth-order valence-corrected chi connectivity index (χ4v) is 1.94. The highest BCUT2D eigenvalue weighted by atomic mass is 79.9. The molecule has 0 saturated heterocycles. The first-order valence-electron chi connectivity index (χ1n) is 5.92. The minimum atomic E-state index is -0.562. The monoisotopic (exact) mass is 333 g/mol. The van der Waals surface area contributed by atoms with Gasteiger partial charge in [-0.05, 0) is 36.8 Å². The summed E-state index contributed by atoms with van der Waals surface area (Å²) in [6.07, 6.45) is 0. The van der Waals surface area contributed by atoms with Gasteiger partial charge in [0, 0.05) is 5.56 Å². The second-order valence-electron chi connectivity index (χ2n) is 4.23. The number of amides is 1. The summed E-state index contributed by atoms with van der Waals surface area (Å²) in [4.78, 5) is 23.8. The van der Waals surface area contributed by atoms with Crippen molar-refractivity contribution in [3.8, 4) is 0 Å². The maximum Gasteiger partial charge on any atom is 0.351 e. The smallest absolute Gasteiger partial charge is 0.351 e. The van der Waals surface area contributed by atoms with Gasteiger partial charge in [-0.3, -0.25) is 4.79 Å². The highest BCUT2D eigenvalue weighted by molar-refractivity contribution is 9.06. The maximum absolute atomic E-state index is 12.1. The van der Waals surface area contributed by atoms with Gasteiger partial charge in [-0.15, -0.1) is 0 Å². The third kappa shape index (κ3) is 3.24. The minimum absolute atomic E-state index is 0.278. The van der Waals surface area contributed by atoms with Gasteiger partial charge in [0.2, 0.25) is 0 Å². The average molecular weight is 334 g/mol. The van der Waals surface area contributed by atoms with Crippen LogP contribution in [0.25, 0.3) is 0 Å². The molecule has 2 rings (SSSR count). The Morgan fingerprint density at radius 1 is 1.10 bits per heavy atom. The molecule has 1 amide bonds. The molecule has 0 aliphatic rings. The van der Waals surface area contributed by atoms with Gasteiger partial charge in [-0.2, -0.15) is 0 Å². The molecule has 0 aliphatic carbocycles. The molecule has 0 spiro atoms. The molecule has 0 atom stereocenters. The lowest BCUT2D eigenvalue weighted by atomic mass is 10.1. The molecule has 1 N–H and O–H groups in total. The van der Waals surface area contributed by atoms with Crippen molar-refractivity contribution in [1.82, 2.24) is 0 Å². The molecule has 0 saturated carbocycles. The van der Waals surface area contributed by atoms with E-state index in [2.05, 4.69) is 25.4 Å². The van der Waals surface area contributed by atoms with Gasteiger partial charge in [0.15, 0.2) is 16.3 Å². The molecule has 20 heavy (non-hydrogen) atoms. The van der Waals surface area contributed by atoms with Crippen molar-refractivity contribution in [2.75, 3.05) is 5.32 Å². The van der Waals surface area contributed by atoms with Crippen LogP contribution in [0.4, 0.5) is 5.69 Å². The molecule has 0 fully saturated rings. The van der Waals surface area contributed by atoms with Crippen molar-refractivity contribution in [3.05, 3.63) is 65.2 Å². The largest absolute Gasteiger partial charge is 0.380 e. The van der Waals surface area contributed by atoms with E-state index in [0.29, 0.717) is 11.3 Å². The van der Waals surface area contributed by atoms with E-state index in [0.717, 1.165) is 5.56 Å². The molecule has 0 unspecified atom stereocenters. The number of carbonyl (C=O) groups excluding carboxylic acids is 2. The summed E-state index contributed by atoms with van der Waals surface area (Å²) in [6.45, 7) is 1.88. The van der Waals surface area contributed by atoms with E-state index in [9.17, 15) is 9.59 Å². The molecule has 0 aliphatic heterocycles. The Kier molecular flexibility index (Phi) is 4.53. The molecule has 4 nitrogen and oxygen atoms in total. The zero-order chi connectivity index (χ0) is 14.5. The standard InChI is InChI=1S/C15H12BrNO3/c1-10-7-8-12(15(19)20-16)13(9-10)17-14(18)11-5-3-2-4-6-11/h2-9H,1H3,(H,17,18). The van der Waals surface area contributed by atoms with Crippen LogP contribution in [-0.4, -0.2) is 11.9 Å². The van der Waals surface area contributed by atoms with E-state index in [-0.39, 0.29) is 11.5 Å². The number of benzene rings is 2. The number of hydrogen-bond acceptors (Lipinski definition) is 3. The first-order chi connectivity index (χ1) is 9.61. The number of hydrogen-bond donors (Lipinski definition) is 1. The summed E-state index contributed by atoms with van der Waals surface area (Å²) in [5.41, 5.74) is 2.16. The molecular weight excluding hydrogens is 322 g/mol. The summed E-state index contributed by atoms with van der Waals surface area (Å²) in [6, 6.07) is 13.9. The van der Waals surface area contributed by atoms with Crippen molar-refractivity contribution in [2.24, 2.45) is 0 Å². The first kappa shape index (κ1) is 14.3. The molecule has 0 heterocycles. The lowest BCUT2D eigenvalue weighted by molar-refractivity contribution is 0.0783. The van der Waals surface area contributed by atoms with Crippen LogP contribution in [0.2, 0.25) is 0 Å². The molecule has 0 radical (unpaired) electrons. The van der Waals surface area contributed by atoms with Crippen LogP contribution in [0.15, 0.2) is 48.5 Å². The number of nitrogens with one attached hydrogen (secondary N) is 1. The van der Waals surface area contributed by atoms with Crippen molar-refractivity contribution < 1.29 is 13.4 Å². The van der Waals surface area contributed by atoms with Gasteiger partial charge >= 0.3 is 5.97 Å². The predicted octanol–water partition coefficient (Wildman–Crippen LogP) is 3.71. The van der Waals surface area contributed by atoms with Crippen LogP contribution in [0.3, 0.4) is 0 Å². The topological polar surface area (TPSA) is 55.4 Å². The molecule has 0 bridgehead atoms. The Balaban J connectivity index is 2.31.